The Labute approximate surface area is 87.2 Å². The Balaban J connectivity index is 2.03. The summed E-state index contributed by atoms with van der Waals surface area (Å²) in [6.45, 7) is 0. The molecule has 0 spiro atoms. The van der Waals surface area contributed by atoms with E-state index >= 15 is 0 Å². The molecule has 0 fully saturated rings. The molecule has 0 aliphatic heterocycles. The molecule has 0 unspecified atom stereocenters. The van der Waals surface area contributed by atoms with Crippen LogP contribution < -0.4 is 0 Å². The second kappa shape index (κ2) is 4.43. The minimum absolute atomic E-state index is 0.482. The smallest absolute Gasteiger partial charge is 0.212 e. The summed E-state index contributed by atoms with van der Waals surface area (Å²) in [5.74, 6) is 5.41. The predicted octanol–water partition coefficient (Wildman–Crippen LogP) is 2.14. The maximum atomic E-state index is 12.5. The van der Waals surface area contributed by atoms with Gasteiger partial charge in [0.25, 0.3) is 0 Å². The van der Waals surface area contributed by atoms with Gasteiger partial charge in [0.05, 0.1) is 0 Å². The zero-order valence-electron chi connectivity index (χ0n) is 8.00. The largest absolute Gasteiger partial charge is 0.364 e. The Morgan fingerprint density at radius 2 is 2.27 bits per heavy atom. The monoisotopic (exact) mass is 199 g/mol. The van der Waals surface area contributed by atoms with E-state index in [4.69, 9.17) is 0 Å². The van der Waals surface area contributed by atoms with Crippen LogP contribution in [0.5, 0.6) is 0 Å². The molecule has 1 N–H and O–H groups in total. The number of hydrogen-bond acceptors (Lipinski definition) is 1. The van der Waals surface area contributed by atoms with Gasteiger partial charge in [-0.15, -0.1) is 0 Å². The highest BCUT2D eigenvalue weighted by Crippen LogP contribution is 1.98. The predicted molar refractivity (Wildman–Crippen MR) is 55.6 cm³/mol. The van der Waals surface area contributed by atoms with Crippen LogP contribution >= 0.6 is 0 Å². The molecular formula is C12H9FN2. The molecule has 15 heavy (non-hydrogen) atoms. The maximum absolute atomic E-state index is 12.5. The lowest BCUT2D eigenvalue weighted by Gasteiger charge is -1.88. The van der Waals surface area contributed by atoms with Crippen molar-refractivity contribution in [1.82, 2.24) is 9.97 Å². The number of rotatable bonds is 1. The first-order chi connectivity index (χ1) is 7.34. The number of aromatic amines is 1. The van der Waals surface area contributed by atoms with Crippen LogP contribution in [0.25, 0.3) is 0 Å². The maximum Gasteiger partial charge on any atom is 0.212 e. The van der Waals surface area contributed by atoms with Gasteiger partial charge in [0, 0.05) is 30.1 Å². The van der Waals surface area contributed by atoms with Crippen molar-refractivity contribution in [3.63, 3.8) is 0 Å². The van der Waals surface area contributed by atoms with Crippen molar-refractivity contribution in [3.8, 4) is 11.8 Å². The summed E-state index contributed by atoms with van der Waals surface area (Å²) < 4.78 is 12.5. The highest BCUT2D eigenvalue weighted by Gasteiger charge is 1.90. The van der Waals surface area contributed by atoms with Crippen LogP contribution in [0.3, 0.4) is 0 Å². The molecule has 0 saturated carbocycles. The van der Waals surface area contributed by atoms with Crippen molar-refractivity contribution in [1.29, 1.82) is 0 Å². The molecule has 0 aliphatic rings. The number of aromatic nitrogens is 2. The van der Waals surface area contributed by atoms with E-state index in [0.717, 1.165) is 11.3 Å². The molecule has 0 atom stereocenters. The lowest BCUT2D eigenvalue weighted by Crippen LogP contribution is -1.83. The van der Waals surface area contributed by atoms with Crippen LogP contribution in [0.15, 0.2) is 36.7 Å². The first kappa shape index (κ1) is 9.47. The molecule has 2 aromatic heterocycles. The highest BCUT2D eigenvalue weighted by molar-refractivity contribution is 5.32. The molecular weight excluding hydrogens is 190 g/mol. The first-order valence-corrected chi connectivity index (χ1v) is 4.57. The van der Waals surface area contributed by atoms with Gasteiger partial charge in [0.2, 0.25) is 5.95 Å². The number of nitrogens with one attached hydrogen (secondary N) is 1. The van der Waals surface area contributed by atoms with Crippen LogP contribution in [0.2, 0.25) is 0 Å². The zero-order chi connectivity index (χ0) is 10.5. The van der Waals surface area contributed by atoms with E-state index in [1.54, 1.807) is 6.07 Å². The average molecular weight is 199 g/mol. The lowest BCUT2D eigenvalue weighted by molar-refractivity contribution is 0.583. The van der Waals surface area contributed by atoms with Crippen molar-refractivity contribution in [2.24, 2.45) is 0 Å². The summed E-state index contributed by atoms with van der Waals surface area (Å²) in [5, 5.41) is 0. The Bertz CT molecular complexity index is 475. The van der Waals surface area contributed by atoms with Crippen molar-refractivity contribution < 1.29 is 4.39 Å². The number of hydrogen-bond donors (Lipinski definition) is 1. The molecule has 2 aromatic rings. The number of nitrogens with zero attached hydrogens (tertiary/aromatic N) is 1. The molecule has 0 saturated heterocycles. The van der Waals surface area contributed by atoms with Crippen molar-refractivity contribution >= 4 is 0 Å². The Hall–Kier alpha value is -2.08. The fourth-order valence-corrected chi connectivity index (χ4v) is 1.17. The third kappa shape index (κ3) is 2.68. The van der Waals surface area contributed by atoms with Gasteiger partial charge < -0.3 is 4.98 Å². The third-order valence-corrected chi connectivity index (χ3v) is 1.90. The number of H-pyrrole nitrogens is 1. The normalized spacial score (nSPS) is 9.40. The third-order valence-electron chi connectivity index (χ3n) is 1.90. The topological polar surface area (TPSA) is 28.7 Å². The van der Waals surface area contributed by atoms with Crippen molar-refractivity contribution in [2.45, 2.75) is 6.42 Å². The second-order valence-corrected chi connectivity index (χ2v) is 3.04. The highest BCUT2D eigenvalue weighted by atomic mass is 18.2. The van der Waals surface area contributed by atoms with Gasteiger partial charge in [-0.05, 0) is 24.3 Å². The SMILES string of the molecule is [18F]c1ccc(C#CCc2ccc[nH]2)cn1. The van der Waals surface area contributed by atoms with E-state index in [0.29, 0.717) is 6.42 Å². The number of pyridine rings is 1. The van der Waals surface area contributed by atoms with Gasteiger partial charge in [0.15, 0.2) is 0 Å². The molecule has 74 valence electrons. The zero-order valence-corrected chi connectivity index (χ0v) is 8.00. The van der Waals surface area contributed by atoms with Crippen molar-refractivity contribution in [3.05, 3.63) is 53.9 Å². The van der Waals surface area contributed by atoms with Gasteiger partial charge in [-0.3, -0.25) is 0 Å². The van der Waals surface area contributed by atoms with E-state index in [-0.39, 0.29) is 0 Å². The molecule has 3 heteroatoms. The summed E-state index contributed by atoms with van der Waals surface area (Å²) in [7, 11) is 0. The fraction of sp³-hybridized carbons (Fsp3) is 0.0833. The molecule has 2 nitrogen and oxygen atoms in total. The van der Waals surface area contributed by atoms with Crippen LogP contribution in [0.1, 0.15) is 11.3 Å². The van der Waals surface area contributed by atoms with Crippen LogP contribution in [-0.4, -0.2) is 9.97 Å². The molecule has 0 bridgehead atoms. The van der Waals surface area contributed by atoms with Gasteiger partial charge in [-0.1, -0.05) is 11.8 Å². The summed E-state index contributed by atoms with van der Waals surface area (Å²) in [5.41, 5.74) is 1.79. The van der Waals surface area contributed by atoms with E-state index in [1.165, 1.54) is 12.3 Å². The summed E-state index contributed by atoms with van der Waals surface area (Å²) in [6, 6.07) is 6.82. The summed E-state index contributed by atoms with van der Waals surface area (Å²) >= 11 is 0. The minimum atomic E-state index is -0.482. The van der Waals surface area contributed by atoms with E-state index < -0.39 is 5.95 Å². The summed E-state index contributed by atoms with van der Waals surface area (Å²) in [6.07, 6.45) is 3.94. The second-order valence-electron chi connectivity index (χ2n) is 3.04. The molecule has 0 aromatic carbocycles. The molecule has 2 heterocycles. The fourth-order valence-electron chi connectivity index (χ4n) is 1.17. The van der Waals surface area contributed by atoms with E-state index in [1.807, 2.05) is 18.3 Å². The molecule has 0 amide bonds. The van der Waals surface area contributed by atoms with Crippen LogP contribution in [0, 0.1) is 17.8 Å². The first-order valence-electron chi connectivity index (χ1n) is 4.57. The standard InChI is InChI=1S/C12H9FN2/c13-12-7-6-10(9-15-12)3-1-4-11-5-2-8-14-11/h2,5-9,14H,4H2/i13-1. The van der Waals surface area contributed by atoms with Crippen molar-refractivity contribution in [2.75, 3.05) is 0 Å². The quantitative estimate of drug-likeness (QED) is 0.553. The van der Waals surface area contributed by atoms with E-state index in [2.05, 4.69) is 21.8 Å². The van der Waals surface area contributed by atoms with E-state index in [9.17, 15) is 4.39 Å². The van der Waals surface area contributed by atoms with Crippen LogP contribution in [0.4, 0.5) is 4.39 Å². The van der Waals surface area contributed by atoms with Gasteiger partial charge in [0.1, 0.15) is 0 Å². The molecule has 0 radical (unpaired) electrons. The van der Waals surface area contributed by atoms with Gasteiger partial charge >= 0.3 is 0 Å². The summed E-state index contributed by atoms with van der Waals surface area (Å²) in [4.78, 5) is 6.57. The minimum Gasteiger partial charge on any atom is -0.364 e. The molecule has 2 rings (SSSR count). The average Bonchev–Trinajstić information content (AvgIpc) is 2.74. The number of halogens is 1. The Morgan fingerprint density at radius 3 is 2.93 bits per heavy atom. The Morgan fingerprint density at radius 1 is 1.33 bits per heavy atom. The Kier molecular flexibility index (Phi) is 2.80. The lowest BCUT2D eigenvalue weighted by atomic mass is 10.2. The van der Waals surface area contributed by atoms with Gasteiger partial charge in [-0.2, -0.15) is 4.39 Å². The molecule has 0 aliphatic carbocycles. The van der Waals surface area contributed by atoms with Gasteiger partial charge in [-0.25, -0.2) is 4.98 Å². The van der Waals surface area contributed by atoms with Crippen LogP contribution in [-0.2, 0) is 6.42 Å².